The monoisotopic (exact) mass is 680 g/mol. The minimum absolute atomic E-state index is 0.0269. The fraction of sp³-hybridized carbons (Fsp3) is 0.541. The third-order valence-electron chi connectivity index (χ3n) is 8.57. The number of rotatable bonds is 18. The highest BCUT2D eigenvalue weighted by molar-refractivity contribution is 7.99. The number of esters is 2. The van der Waals surface area contributed by atoms with E-state index < -0.39 is 28.7 Å². The zero-order valence-corrected chi connectivity index (χ0v) is 29.1. The van der Waals surface area contributed by atoms with Gasteiger partial charge in [0.1, 0.15) is 5.92 Å². The molecule has 1 saturated heterocycles. The Morgan fingerprint density at radius 2 is 1.85 bits per heavy atom. The van der Waals surface area contributed by atoms with Crippen molar-refractivity contribution in [3.05, 3.63) is 81.0 Å². The number of unbranched alkanes of at least 4 members (excludes halogenated alkanes) is 1. The molecule has 0 spiro atoms. The molecule has 0 N–H and O–H groups in total. The first-order chi connectivity index (χ1) is 23.4. The number of nitrogens with zero attached hydrogens (tertiary/aromatic N) is 2. The van der Waals surface area contributed by atoms with Crippen LogP contribution in [0.3, 0.4) is 0 Å². The molecule has 3 atom stereocenters. The third kappa shape index (κ3) is 10.5. The maximum atomic E-state index is 13.8. The second-order valence-corrected chi connectivity index (χ2v) is 13.2. The summed E-state index contributed by atoms with van der Waals surface area (Å²) in [6.45, 7) is 5.60. The average Bonchev–Trinajstić information content (AvgIpc) is 3.11. The largest absolute Gasteiger partial charge is 0.468 e. The van der Waals surface area contributed by atoms with E-state index in [0.717, 1.165) is 62.4 Å². The van der Waals surface area contributed by atoms with E-state index in [4.69, 9.17) is 23.9 Å². The molecule has 2 aromatic carbocycles. The minimum atomic E-state index is -0.895. The van der Waals surface area contributed by atoms with Gasteiger partial charge in [-0.25, -0.2) is 4.79 Å². The summed E-state index contributed by atoms with van der Waals surface area (Å²) in [4.78, 5) is 43.9. The van der Waals surface area contributed by atoms with Gasteiger partial charge >= 0.3 is 11.9 Å². The second kappa shape index (κ2) is 19.5. The first-order valence-electron chi connectivity index (χ1n) is 17.1. The number of methoxy groups -OCH3 is 1. The van der Waals surface area contributed by atoms with E-state index in [-0.39, 0.29) is 24.2 Å². The van der Waals surface area contributed by atoms with Gasteiger partial charge in [0.15, 0.2) is 6.29 Å². The number of benzene rings is 2. The molecule has 0 aliphatic carbocycles. The van der Waals surface area contributed by atoms with E-state index in [2.05, 4.69) is 24.3 Å². The Morgan fingerprint density at radius 1 is 1.04 bits per heavy atom. The predicted molar refractivity (Wildman–Crippen MR) is 186 cm³/mol. The highest BCUT2D eigenvalue weighted by Gasteiger charge is 2.44. The van der Waals surface area contributed by atoms with Crippen molar-refractivity contribution in [2.75, 3.05) is 32.7 Å². The fourth-order valence-corrected chi connectivity index (χ4v) is 6.96. The highest BCUT2D eigenvalue weighted by atomic mass is 32.2. The van der Waals surface area contributed by atoms with Crippen LogP contribution in [0.5, 0.6) is 0 Å². The number of aryl methyl sites for hydroxylation is 1. The van der Waals surface area contributed by atoms with Crippen molar-refractivity contribution in [3.8, 4) is 0 Å². The molecule has 3 unspecified atom stereocenters. The SMILES string of the molecule is CCCC1=C(C(=O)OCCCSc2ccc(CCCCOC3CCCCO3)cc2)C(c2cccc([N+](=O)[O-])c2)C(C(=O)OC)C(CC)=N1. The van der Waals surface area contributed by atoms with Crippen LogP contribution in [0.25, 0.3) is 0 Å². The van der Waals surface area contributed by atoms with E-state index in [1.165, 1.54) is 31.2 Å². The van der Waals surface area contributed by atoms with Crippen LogP contribution in [0.15, 0.2) is 69.7 Å². The Labute approximate surface area is 287 Å². The van der Waals surface area contributed by atoms with Crippen molar-refractivity contribution >= 4 is 35.1 Å². The Morgan fingerprint density at radius 3 is 2.54 bits per heavy atom. The van der Waals surface area contributed by atoms with E-state index in [1.807, 2.05) is 13.8 Å². The molecule has 2 heterocycles. The smallest absolute Gasteiger partial charge is 0.336 e. The molecule has 0 saturated carbocycles. The lowest BCUT2D eigenvalue weighted by atomic mass is 9.74. The quantitative estimate of drug-likeness (QED) is 0.0506. The van der Waals surface area contributed by atoms with Crippen molar-refractivity contribution in [2.45, 2.75) is 95.2 Å². The molecule has 4 rings (SSSR count). The molecular weight excluding hydrogens is 632 g/mol. The van der Waals surface area contributed by atoms with Crippen LogP contribution in [0.1, 0.15) is 88.7 Å². The standard InChI is InChI=1S/C37H48N2O8S/c1-4-12-31-35(33(27-14-10-15-28(25-27)39(42)43)34(36(40)44-3)30(5-2)38-31)37(41)47-23-11-24-48-29-19-17-26(18-20-29)13-6-8-21-45-32-16-7-9-22-46-32/h10,14-15,17-20,25,32-34H,4-9,11-13,16,21-24H2,1-3H3. The maximum Gasteiger partial charge on any atom is 0.336 e. The number of hydrogen-bond donors (Lipinski definition) is 0. The predicted octanol–water partition coefficient (Wildman–Crippen LogP) is 7.98. The fourth-order valence-electron chi connectivity index (χ4n) is 6.14. The number of nitro benzene ring substituents is 1. The average molecular weight is 681 g/mol. The van der Waals surface area contributed by atoms with Gasteiger partial charge in [0, 0.05) is 47.6 Å². The summed E-state index contributed by atoms with van der Waals surface area (Å²) in [5.74, 6) is -2.06. The van der Waals surface area contributed by atoms with Gasteiger partial charge in [-0.1, -0.05) is 44.5 Å². The van der Waals surface area contributed by atoms with Gasteiger partial charge in [0.25, 0.3) is 5.69 Å². The summed E-state index contributed by atoms with van der Waals surface area (Å²) in [6, 6.07) is 14.6. The summed E-state index contributed by atoms with van der Waals surface area (Å²) in [7, 11) is 1.29. The molecule has 0 bridgehead atoms. The molecule has 2 aliphatic rings. The van der Waals surface area contributed by atoms with Crippen molar-refractivity contribution < 1.29 is 33.5 Å². The molecule has 48 heavy (non-hydrogen) atoms. The number of carbonyl (C=O) groups excluding carboxylic acids is 2. The maximum absolute atomic E-state index is 13.8. The number of thioether (sulfide) groups is 1. The molecule has 1 fully saturated rings. The summed E-state index contributed by atoms with van der Waals surface area (Å²) < 4.78 is 22.4. The molecule has 260 valence electrons. The number of nitro groups is 1. The van der Waals surface area contributed by atoms with Crippen molar-refractivity contribution in [1.82, 2.24) is 0 Å². The normalized spacial score (nSPS) is 19.5. The number of carbonyl (C=O) groups is 2. The number of non-ortho nitro benzene ring substituents is 1. The number of allylic oxidation sites excluding steroid dienone is 1. The lowest BCUT2D eigenvalue weighted by Crippen LogP contribution is -2.37. The van der Waals surface area contributed by atoms with Gasteiger partial charge < -0.3 is 18.9 Å². The molecule has 2 aliphatic heterocycles. The Bertz CT molecular complexity index is 1440. The number of aliphatic imine (C=N–C) groups is 1. The molecule has 0 aromatic heterocycles. The van der Waals surface area contributed by atoms with Gasteiger partial charge in [0.05, 0.1) is 29.9 Å². The molecule has 2 aromatic rings. The topological polar surface area (TPSA) is 127 Å². The van der Waals surface area contributed by atoms with E-state index in [0.29, 0.717) is 36.2 Å². The number of hydrogen-bond acceptors (Lipinski definition) is 10. The van der Waals surface area contributed by atoms with Crippen LogP contribution in [0.4, 0.5) is 5.69 Å². The summed E-state index contributed by atoms with van der Waals surface area (Å²) in [5.41, 5.74) is 3.05. The third-order valence-corrected chi connectivity index (χ3v) is 9.67. The van der Waals surface area contributed by atoms with Crippen molar-refractivity contribution in [3.63, 3.8) is 0 Å². The summed E-state index contributed by atoms with van der Waals surface area (Å²) in [5, 5.41) is 11.6. The highest BCUT2D eigenvalue weighted by Crippen LogP contribution is 2.42. The van der Waals surface area contributed by atoms with E-state index in [9.17, 15) is 19.7 Å². The zero-order valence-electron chi connectivity index (χ0n) is 28.3. The van der Waals surface area contributed by atoms with Crippen molar-refractivity contribution in [1.29, 1.82) is 0 Å². The van der Waals surface area contributed by atoms with Crippen LogP contribution in [0, 0.1) is 16.0 Å². The lowest BCUT2D eigenvalue weighted by Gasteiger charge is -2.32. The Kier molecular flexibility index (Phi) is 15.1. The van der Waals surface area contributed by atoms with E-state index in [1.54, 1.807) is 23.9 Å². The second-order valence-electron chi connectivity index (χ2n) is 12.0. The molecule has 10 nitrogen and oxygen atoms in total. The molecular formula is C37H48N2O8S. The number of ether oxygens (including phenoxy) is 4. The Balaban J connectivity index is 1.33. The molecule has 0 amide bonds. The van der Waals surface area contributed by atoms with Gasteiger partial charge in [-0.3, -0.25) is 19.9 Å². The zero-order chi connectivity index (χ0) is 34.3. The van der Waals surface area contributed by atoms with Gasteiger partial charge in [-0.05, 0) is 81.0 Å². The Hall–Kier alpha value is -3.54. The van der Waals surface area contributed by atoms with Crippen LogP contribution in [0.2, 0.25) is 0 Å². The van der Waals surface area contributed by atoms with Crippen molar-refractivity contribution in [2.24, 2.45) is 10.9 Å². The van der Waals surface area contributed by atoms with Gasteiger partial charge in [-0.2, -0.15) is 0 Å². The van der Waals surface area contributed by atoms with Crippen LogP contribution in [-0.4, -0.2) is 61.5 Å². The summed E-state index contributed by atoms with van der Waals surface area (Å²) >= 11 is 1.70. The minimum Gasteiger partial charge on any atom is -0.468 e. The van der Waals surface area contributed by atoms with E-state index >= 15 is 0 Å². The van der Waals surface area contributed by atoms with Crippen LogP contribution < -0.4 is 0 Å². The molecule has 0 radical (unpaired) electrons. The lowest BCUT2D eigenvalue weighted by molar-refractivity contribution is -0.384. The van der Waals surface area contributed by atoms with Crippen LogP contribution in [-0.2, 0) is 35.0 Å². The summed E-state index contributed by atoms with van der Waals surface area (Å²) in [6.07, 6.45) is 8.66. The first-order valence-corrected chi connectivity index (χ1v) is 18.1. The molecule has 11 heteroatoms. The first kappa shape index (κ1) is 37.3. The van der Waals surface area contributed by atoms with Crippen LogP contribution >= 0.6 is 11.8 Å². The van der Waals surface area contributed by atoms with Gasteiger partial charge in [-0.15, -0.1) is 11.8 Å². The van der Waals surface area contributed by atoms with Gasteiger partial charge in [0.2, 0.25) is 0 Å².